The predicted octanol–water partition coefficient (Wildman–Crippen LogP) is 4.45. The largest absolute Gasteiger partial charge is 0.456 e. The van der Waals surface area contributed by atoms with Crippen LogP contribution in [-0.2, 0) is 11.8 Å². The van der Waals surface area contributed by atoms with E-state index in [0.717, 1.165) is 19.3 Å². The average molecular weight is 417 g/mol. The first-order valence-electron chi connectivity index (χ1n) is 10.6. The number of nitrogens with one attached hydrogen (secondary N) is 1. The normalized spacial score (nSPS) is 11.4. The van der Waals surface area contributed by atoms with Gasteiger partial charge in [-0.3, -0.25) is 4.79 Å². The number of aromatic nitrogens is 2. The summed E-state index contributed by atoms with van der Waals surface area (Å²) in [6.45, 7) is 14.8. The van der Waals surface area contributed by atoms with E-state index >= 15 is 0 Å². The number of fused-ring (bicyclic) bond motifs is 1. The molecule has 0 radical (unpaired) electrons. The van der Waals surface area contributed by atoms with E-state index in [0.29, 0.717) is 27.7 Å². The number of aromatic amines is 1. The van der Waals surface area contributed by atoms with Crippen molar-refractivity contribution in [1.29, 1.82) is 0 Å². The topological polar surface area (TPSA) is 84.3 Å². The Balaban J connectivity index is 0.00000218. The first kappa shape index (κ1) is 25.5. The van der Waals surface area contributed by atoms with Crippen LogP contribution in [0.3, 0.4) is 0 Å². The highest BCUT2D eigenvalue weighted by atomic mass is 16.6. The van der Waals surface area contributed by atoms with Crippen molar-refractivity contribution in [3.05, 3.63) is 33.4 Å². The lowest BCUT2D eigenvalue weighted by atomic mass is 10.0. The summed E-state index contributed by atoms with van der Waals surface area (Å²) in [7, 11) is 1.62. The second-order valence-electron chi connectivity index (χ2n) is 8.40. The summed E-state index contributed by atoms with van der Waals surface area (Å²) < 4.78 is 7.19. The lowest BCUT2D eigenvalue weighted by Gasteiger charge is -2.25. The molecule has 6 heteroatoms. The average Bonchev–Trinajstić information content (AvgIpc) is 3.00. The summed E-state index contributed by atoms with van der Waals surface area (Å²) in [5.74, 6) is 5.18. The van der Waals surface area contributed by atoms with Crippen LogP contribution < -0.4 is 5.56 Å². The molecule has 0 amide bonds. The SMILES string of the molecule is CC.CCCCC(C)(C)OC(=O)c1c(C)[nH]c2c(=O)n(C)cc(C#CC(C)(C)O)c12. The summed E-state index contributed by atoms with van der Waals surface area (Å²) in [6, 6.07) is 0. The van der Waals surface area contributed by atoms with Gasteiger partial charge in [0.2, 0.25) is 0 Å². The van der Waals surface area contributed by atoms with Gasteiger partial charge < -0.3 is 19.4 Å². The molecule has 166 valence electrons. The monoisotopic (exact) mass is 416 g/mol. The lowest BCUT2D eigenvalue weighted by Crippen LogP contribution is -2.28. The van der Waals surface area contributed by atoms with E-state index in [1.165, 1.54) is 4.57 Å². The highest BCUT2D eigenvalue weighted by Gasteiger charge is 2.28. The van der Waals surface area contributed by atoms with Gasteiger partial charge in [-0.05, 0) is 47.5 Å². The van der Waals surface area contributed by atoms with Crippen LogP contribution in [0.4, 0.5) is 0 Å². The number of unbranched alkanes of at least 4 members (excludes halogenated alkanes) is 1. The fourth-order valence-electron chi connectivity index (χ4n) is 3.07. The molecule has 0 atom stereocenters. The molecule has 0 aromatic carbocycles. The number of aliphatic hydroxyl groups is 1. The fraction of sp³-hybridized carbons (Fsp3) is 0.583. The Morgan fingerprint density at radius 1 is 1.27 bits per heavy atom. The third kappa shape index (κ3) is 6.24. The molecule has 0 unspecified atom stereocenters. The lowest BCUT2D eigenvalue weighted by molar-refractivity contribution is -0.00518. The number of esters is 1. The molecule has 2 aromatic heterocycles. The predicted molar refractivity (Wildman–Crippen MR) is 122 cm³/mol. The van der Waals surface area contributed by atoms with E-state index < -0.39 is 17.2 Å². The number of aryl methyl sites for hydroxylation is 2. The van der Waals surface area contributed by atoms with Crippen molar-refractivity contribution in [2.24, 2.45) is 7.05 Å². The maximum Gasteiger partial charge on any atom is 0.341 e. The Kier molecular flexibility index (Phi) is 8.50. The zero-order valence-electron chi connectivity index (χ0n) is 19.8. The second-order valence-corrected chi connectivity index (χ2v) is 8.40. The molecule has 0 aliphatic rings. The summed E-state index contributed by atoms with van der Waals surface area (Å²) in [5, 5.41) is 10.4. The molecule has 0 saturated carbocycles. The quantitative estimate of drug-likeness (QED) is 0.557. The second kappa shape index (κ2) is 9.99. The summed E-state index contributed by atoms with van der Waals surface area (Å²) in [6.07, 6.45) is 4.30. The van der Waals surface area contributed by atoms with Gasteiger partial charge in [-0.25, -0.2) is 4.79 Å². The zero-order valence-corrected chi connectivity index (χ0v) is 19.8. The van der Waals surface area contributed by atoms with E-state index in [1.807, 2.05) is 27.7 Å². The Morgan fingerprint density at radius 2 is 1.87 bits per heavy atom. The molecule has 2 aromatic rings. The molecule has 6 nitrogen and oxygen atoms in total. The number of ether oxygens (including phenoxy) is 1. The molecular weight excluding hydrogens is 380 g/mol. The fourth-order valence-corrected chi connectivity index (χ4v) is 3.07. The van der Waals surface area contributed by atoms with E-state index in [-0.39, 0.29) is 5.56 Å². The Morgan fingerprint density at radius 3 is 2.40 bits per heavy atom. The van der Waals surface area contributed by atoms with Crippen molar-refractivity contribution in [2.75, 3.05) is 0 Å². The molecule has 0 fully saturated rings. The van der Waals surface area contributed by atoms with Crippen molar-refractivity contribution in [2.45, 2.75) is 85.9 Å². The number of carbonyl (C=O) groups excluding carboxylic acids is 1. The van der Waals surface area contributed by atoms with E-state index in [2.05, 4.69) is 23.7 Å². The van der Waals surface area contributed by atoms with Crippen LogP contribution >= 0.6 is 0 Å². The number of hydrogen-bond acceptors (Lipinski definition) is 4. The standard InChI is InChI=1S/C22H30N2O4.C2H6/c1-8-9-11-22(5,6)28-20(26)16-14(2)23-18-17(16)15(10-12-21(3,4)27)13-24(7)19(18)25;1-2/h13,23,27H,8-9,11H2,1-7H3;1-2H3. The number of nitrogens with zero attached hydrogens (tertiary/aromatic N) is 1. The van der Waals surface area contributed by atoms with Crippen LogP contribution in [0.15, 0.2) is 11.0 Å². The van der Waals surface area contributed by atoms with Crippen molar-refractivity contribution in [1.82, 2.24) is 9.55 Å². The number of pyridine rings is 1. The van der Waals surface area contributed by atoms with Gasteiger partial charge >= 0.3 is 5.97 Å². The molecule has 2 rings (SSSR count). The third-order valence-electron chi connectivity index (χ3n) is 4.52. The maximum absolute atomic E-state index is 13.0. The van der Waals surface area contributed by atoms with Gasteiger partial charge in [0.05, 0.1) is 11.1 Å². The summed E-state index contributed by atoms with van der Waals surface area (Å²) >= 11 is 0. The van der Waals surface area contributed by atoms with Crippen LogP contribution in [0, 0.1) is 18.8 Å². The molecule has 2 N–H and O–H groups in total. The minimum Gasteiger partial charge on any atom is -0.456 e. The van der Waals surface area contributed by atoms with Crippen molar-refractivity contribution >= 4 is 16.9 Å². The number of hydrogen-bond donors (Lipinski definition) is 2. The summed E-state index contributed by atoms with van der Waals surface area (Å²) in [5.41, 5.74) is -0.394. The number of rotatable bonds is 5. The van der Waals surface area contributed by atoms with E-state index in [9.17, 15) is 14.7 Å². The van der Waals surface area contributed by atoms with Crippen LogP contribution in [0.2, 0.25) is 0 Å². The van der Waals surface area contributed by atoms with E-state index in [4.69, 9.17) is 4.74 Å². The molecule has 0 bridgehead atoms. The van der Waals surface area contributed by atoms with Crippen LogP contribution in [-0.4, -0.2) is 31.8 Å². The van der Waals surface area contributed by atoms with Gasteiger partial charge in [-0.2, -0.15) is 0 Å². The molecule has 2 heterocycles. The smallest absolute Gasteiger partial charge is 0.341 e. The minimum atomic E-state index is -1.20. The van der Waals surface area contributed by atoms with Gasteiger partial charge in [-0.15, -0.1) is 0 Å². The van der Waals surface area contributed by atoms with Gasteiger partial charge in [0, 0.05) is 24.3 Å². The van der Waals surface area contributed by atoms with Gasteiger partial charge in [0.15, 0.2) is 0 Å². The van der Waals surface area contributed by atoms with Crippen LogP contribution in [0.25, 0.3) is 10.9 Å². The molecular formula is C24H36N2O4. The Bertz CT molecular complexity index is 1010. The molecule has 0 spiro atoms. The van der Waals surface area contributed by atoms with Crippen molar-refractivity contribution in [3.8, 4) is 11.8 Å². The molecule has 0 aliphatic carbocycles. The van der Waals surface area contributed by atoms with Crippen molar-refractivity contribution < 1.29 is 14.6 Å². The van der Waals surface area contributed by atoms with Crippen LogP contribution in [0.5, 0.6) is 0 Å². The van der Waals surface area contributed by atoms with Gasteiger partial charge in [0.25, 0.3) is 5.56 Å². The number of carbonyl (C=O) groups is 1. The van der Waals surface area contributed by atoms with Crippen LogP contribution in [0.1, 0.15) is 89.3 Å². The number of H-pyrrole nitrogens is 1. The third-order valence-corrected chi connectivity index (χ3v) is 4.52. The Hall–Kier alpha value is -2.52. The highest BCUT2D eigenvalue weighted by Crippen LogP contribution is 2.27. The Labute approximate surface area is 179 Å². The van der Waals surface area contributed by atoms with Gasteiger partial charge in [-0.1, -0.05) is 39.0 Å². The minimum absolute atomic E-state index is 0.254. The first-order chi connectivity index (χ1) is 13.9. The molecule has 0 saturated heterocycles. The van der Waals surface area contributed by atoms with E-state index in [1.54, 1.807) is 34.0 Å². The summed E-state index contributed by atoms with van der Waals surface area (Å²) in [4.78, 5) is 28.6. The molecule has 0 aliphatic heterocycles. The van der Waals surface area contributed by atoms with Gasteiger partial charge in [0.1, 0.15) is 16.7 Å². The maximum atomic E-state index is 13.0. The highest BCUT2D eigenvalue weighted by molar-refractivity contribution is 6.07. The van der Waals surface area contributed by atoms with Crippen molar-refractivity contribution in [3.63, 3.8) is 0 Å². The molecule has 30 heavy (non-hydrogen) atoms. The zero-order chi connectivity index (χ0) is 23.3. The first-order valence-corrected chi connectivity index (χ1v) is 10.6.